The molecule has 42 heavy (non-hydrogen) atoms. The number of morpholine rings is 1. The fourth-order valence-corrected chi connectivity index (χ4v) is 6.44. The number of hydrogen-bond acceptors (Lipinski definition) is 7. The second kappa shape index (κ2) is 10.9. The molecule has 2 heterocycles. The van der Waals surface area contributed by atoms with E-state index in [9.17, 15) is 41.2 Å². The van der Waals surface area contributed by atoms with Crippen LogP contribution in [-0.2, 0) is 30.3 Å². The lowest BCUT2D eigenvalue weighted by Gasteiger charge is -2.43. The molecule has 0 saturated carbocycles. The molecule has 0 spiro atoms. The molecule has 10 nitrogen and oxygen atoms in total. The maximum absolute atomic E-state index is 14.3. The number of carbonyl (C=O) groups excluding carboxylic acids is 3. The number of nitriles is 1. The van der Waals surface area contributed by atoms with Gasteiger partial charge in [0.25, 0.3) is 0 Å². The van der Waals surface area contributed by atoms with Crippen molar-refractivity contribution in [2.45, 2.75) is 30.0 Å². The molecule has 1 fully saturated rings. The molecule has 2 aliphatic heterocycles. The Labute approximate surface area is 239 Å². The second-order valence-corrected chi connectivity index (χ2v) is 12.1. The van der Waals surface area contributed by atoms with Gasteiger partial charge >= 0.3 is 12.2 Å². The number of ether oxygens (including phenoxy) is 1. The number of alkyl halides is 3. The maximum atomic E-state index is 14.3. The number of anilines is 1. The van der Waals surface area contributed by atoms with Crippen molar-refractivity contribution in [3.05, 3.63) is 70.4 Å². The number of halogens is 3. The van der Waals surface area contributed by atoms with E-state index in [0.29, 0.717) is 0 Å². The molecule has 1 saturated heterocycles. The van der Waals surface area contributed by atoms with Crippen LogP contribution in [0.3, 0.4) is 0 Å². The van der Waals surface area contributed by atoms with E-state index in [1.165, 1.54) is 23.1 Å². The largest absolute Gasteiger partial charge is 0.416 e. The molecule has 1 unspecified atom stereocenters. The third kappa shape index (κ3) is 5.37. The predicted octanol–water partition coefficient (Wildman–Crippen LogP) is 3.44. The Kier molecular flexibility index (Phi) is 7.59. The summed E-state index contributed by atoms with van der Waals surface area (Å²) < 4.78 is 71.9. The number of allylic oxidation sites excluding steroid dienone is 1. The number of carbonyl (C=O) groups is 3. The highest BCUT2D eigenvalue weighted by atomic mass is 32.2. The lowest BCUT2D eigenvalue weighted by Crippen LogP contribution is -2.54. The number of nitrogens with zero attached hydrogens (tertiary/aromatic N) is 4. The fourth-order valence-electron chi connectivity index (χ4n) is 5.49. The number of ketones is 1. The predicted molar refractivity (Wildman–Crippen MR) is 142 cm³/mol. The molecule has 0 aromatic heterocycles. The van der Waals surface area contributed by atoms with Gasteiger partial charge in [0.1, 0.15) is 6.54 Å². The molecule has 0 N–H and O–H groups in total. The zero-order chi connectivity index (χ0) is 30.4. The van der Waals surface area contributed by atoms with Crippen molar-refractivity contribution < 1.29 is 40.7 Å². The molecule has 3 aliphatic rings. The minimum atomic E-state index is -4.71. The van der Waals surface area contributed by atoms with Crippen LogP contribution in [0.5, 0.6) is 0 Å². The van der Waals surface area contributed by atoms with Crippen molar-refractivity contribution in [1.82, 2.24) is 9.80 Å². The van der Waals surface area contributed by atoms with Crippen LogP contribution < -0.4 is 4.90 Å². The summed E-state index contributed by atoms with van der Waals surface area (Å²) in [5.74, 6) is -0.947. The van der Waals surface area contributed by atoms with Crippen LogP contribution >= 0.6 is 0 Å². The Morgan fingerprint density at radius 3 is 2.45 bits per heavy atom. The van der Waals surface area contributed by atoms with E-state index in [2.05, 4.69) is 0 Å². The lowest BCUT2D eigenvalue weighted by atomic mass is 9.92. The zero-order valence-electron chi connectivity index (χ0n) is 22.3. The molecular weight excluding hydrogens is 577 g/mol. The summed E-state index contributed by atoms with van der Waals surface area (Å²) in [4.78, 5) is 44.3. The van der Waals surface area contributed by atoms with Crippen molar-refractivity contribution >= 4 is 33.2 Å². The van der Waals surface area contributed by atoms with Crippen LogP contribution in [0, 0.1) is 11.3 Å². The molecule has 0 radical (unpaired) electrons. The van der Waals surface area contributed by atoms with Crippen LogP contribution in [0.25, 0.3) is 0 Å². The quantitative estimate of drug-likeness (QED) is 0.513. The summed E-state index contributed by atoms with van der Waals surface area (Å²) in [6.45, 7) is 0.414. The molecule has 5 rings (SSSR count). The Morgan fingerprint density at radius 2 is 1.81 bits per heavy atom. The van der Waals surface area contributed by atoms with Crippen LogP contribution in [-0.4, -0.2) is 75.0 Å². The molecular formula is C28H25F3N4O6S. The van der Waals surface area contributed by atoms with Gasteiger partial charge in [-0.05, 0) is 42.3 Å². The first-order valence-corrected chi connectivity index (χ1v) is 14.8. The van der Waals surface area contributed by atoms with Gasteiger partial charge in [0.05, 0.1) is 47.0 Å². The number of rotatable bonds is 5. The average molecular weight is 603 g/mol. The van der Waals surface area contributed by atoms with E-state index < -0.39 is 51.9 Å². The Bertz CT molecular complexity index is 1660. The summed E-state index contributed by atoms with van der Waals surface area (Å²) in [6.07, 6.45) is -3.84. The number of sulfone groups is 1. The topological polar surface area (TPSA) is 128 Å². The number of hydrogen-bond donors (Lipinski definition) is 0. The van der Waals surface area contributed by atoms with Gasteiger partial charge in [-0.25, -0.2) is 13.2 Å². The van der Waals surface area contributed by atoms with Crippen LogP contribution in [0.1, 0.15) is 35.6 Å². The van der Waals surface area contributed by atoms with E-state index in [4.69, 9.17) is 4.74 Å². The maximum Gasteiger partial charge on any atom is 0.416 e. The van der Waals surface area contributed by atoms with Crippen molar-refractivity contribution in [2.75, 3.05) is 44.0 Å². The SMILES string of the molecule is CS(=O)(=O)c1cc(C#N)ccc1C1C2=C(CCC2=O)N(c2cccc(C(F)(F)F)c2)C(=O)N1CC(=O)N1CCOCC1. The van der Waals surface area contributed by atoms with E-state index in [0.717, 1.165) is 40.3 Å². The third-order valence-corrected chi connectivity index (χ3v) is 8.58. The Hall–Kier alpha value is -4.22. The highest BCUT2D eigenvalue weighted by molar-refractivity contribution is 7.90. The highest BCUT2D eigenvalue weighted by Crippen LogP contribution is 2.47. The molecule has 14 heteroatoms. The van der Waals surface area contributed by atoms with Gasteiger partial charge in [-0.2, -0.15) is 18.4 Å². The lowest BCUT2D eigenvalue weighted by molar-refractivity contribution is -0.137. The molecule has 1 aliphatic carbocycles. The molecule has 1 atom stereocenters. The van der Waals surface area contributed by atoms with E-state index in [-0.39, 0.29) is 72.1 Å². The van der Waals surface area contributed by atoms with Gasteiger partial charge in [-0.1, -0.05) is 12.1 Å². The van der Waals surface area contributed by atoms with E-state index in [1.807, 2.05) is 6.07 Å². The molecule has 2 aromatic rings. The fraction of sp³-hybridized carbons (Fsp3) is 0.357. The monoisotopic (exact) mass is 602 g/mol. The summed E-state index contributed by atoms with van der Waals surface area (Å²) >= 11 is 0. The van der Waals surface area contributed by atoms with Gasteiger partial charge in [-0.15, -0.1) is 0 Å². The smallest absolute Gasteiger partial charge is 0.378 e. The van der Waals surface area contributed by atoms with Crippen LogP contribution in [0.15, 0.2) is 58.6 Å². The number of urea groups is 1. The molecule has 2 aromatic carbocycles. The molecule has 3 amide bonds. The zero-order valence-corrected chi connectivity index (χ0v) is 23.2. The van der Waals surface area contributed by atoms with Gasteiger partial charge < -0.3 is 14.5 Å². The number of benzene rings is 2. The minimum Gasteiger partial charge on any atom is -0.378 e. The van der Waals surface area contributed by atoms with Crippen molar-refractivity contribution in [3.8, 4) is 6.07 Å². The highest BCUT2D eigenvalue weighted by Gasteiger charge is 2.48. The summed E-state index contributed by atoms with van der Waals surface area (Å²) in [5, 5.41) is 9.40. The van der Waals surface area contributed by atoms with E-state index in [1.54, 1.807) is 0 Å². The molecule has 220 valence electrons. The number of amides is 3. The van der Waals surface area contributed by atoms with Crippen LogP contribution in [0.4, 0.5) is 23.7 Å². The summed E-state index contributed by atoms with van der Waals surface area (Å²) in [7, 11) is -4.01. The van der Waals surface area contributed by atoms with Gasteiger partial charge in [-0.3, -0.25) is 14.5 Å². The first-order valence-electron chi connectivity index (χ1n) is 12.9. The summed E-state index contributed by atoms with van der Waals surface area (Å²) in [5.41, 5.74) is -0.989. The van der Waals surface area contributed by atoms with E-state index >= 15 is 0 Å². The average Bonchev–Trinajstić information content (AvgIpc) is 3.33. The van der Waals surface area contributed by atoms with Crippen LogP contribution in [0.2, 0.25) is 0 Å². The Balaban J connectivity index is 1.73. The third-order valence-electron chi connectivity index (χ3n) is 7.43. The van der Waals surface area contributed by atoms with Gasteiger partial charge in [0.15, 0.2) is 15.6 Å². The first-order chi connectivity index (χ1) is 19.8. The Morgan fingerprint density at radius 1 is 1.10 bits per heavy atom. The van der Waals surface area contributed by atoms with Crippen molar-refractivity contribution in [1.29, 1.82) is 5.26 Å². The first kappa shape index (κ1) is 29.3. The summed E-state index contributed by atoms with van der Waals surface area (Å²) in [6, 6.07) is 7.52. The molecule has 0 bridgehead atoms. The van der Waals surface area contributed by atoms with Crippen molar-refractivity contribution in [2.24, 2.45) is 0 Å². The van der Waals surface area contributed by atoms with Gasteiger partial charge in [0.2, 0.25) is 5.91 Å². The number of Topliss-reactive ketones (excluding diaryl/α,β-unsaturated/α-hetero) is 1. The normalized spacial score (nSPS) is 19.7. The van der Waals surface area contributed by atoms with Crippen molar-refractivity contribution in [3.63, 3.8) is 0 Å². The second-order valence-electron chi connectivity index (χ2n) is 10.1. The standard InChI is InChI=1S/C28H25F3N4O6S/c1-42(39,40)23-13-17(15-32)5-6-20(23)26-25-21(7-8-22(25)36)35(19-4-2-3-18(14-19)28(29,30)31)27(38)34(26)16-24(37)33-9-11-41-12-10-33/h2-6,13-14,26H,7-12,16H2,1H3. The minimum absolute atomic E-state index is 0.00562. The van der Waals surface area contributed by atoms with Gasteiger partial charge in [0, 0.05) is 37.0 Å².